The molecule has 6 nitrogen and oxygen atoms in total. The van der Waals surface area contributed by atoms with Crippen molar-refractivity contribution in [2.45, 2.75) is 0 Å². The molecule has 0 saturated heterocycles. The summed E-state index contributed by atoms with van der Waals surface area (Å²) in [6.45, 7) is -0.201. The van der Waals surface area contributed by atoms with Gasteiger partial charge in [0, 0.05) is 5.69 Å². The van der Waals surface area contributed by atoms with Crippen LogP contribution in [0.15, 0.2) is 48.5 Å². The quantitative estimate of drug-likeness (QED) is 0.732. The number of amides is 1. The van der Waals surface area contributed by atoms with Crippen molar-refractivity contribution in [3.63, 3.8) is 0 Å². The number of aromatic hydroxyl groups is 1. The fourth-order valence-electron chi connectivity index (χ4n) is 1.65. The monoisotopic (exact) mass is 287 g/mol. The minimum absolute atomic E-state index is 0.201. The number of nitrogens with one attached hydrogen (secondary N) is 1. The summed E-state index contributed by atoms with van der Waals surface area (Å²) in [7, 11) is 0. The highest BCUT2D eigenvalue weighted by Crippen LogP contribution is 2.21. The SMILES string of the molecule is O=C(COc1ccccc1)Nc1ccc(O)c(C(=O)O)c1. The van der Waals surface area contributed by atoms with Crippen LogP contribution in [0.2, 0.25) is 0 Å². The van der Waals surface area contributed by atoms with Crippen molar-refractivity contribution in [2.24, 2.45) is 0 Å². The number of aromatic carboxylic acids is 1. The van der Waals surface area contributed by atoms with Gasteiger partial charge in [-0.05, 0) is 30.3 Å². The molecule has 6 heteroatoms. The average Bonchev–Trinajstić information content (AvgIpc) is 2.48. The maximum atomic E-state index is 11.7. The van der Waals surface area contributed by atoms with E-state index in [4.69, 9.17) is 9.84 Å². The van der Waals surface area contributed by atoms with Crippen LogP contribution in [0.5, 0.6) is 11.5 Å². The molecular weight excluding hydrogens is 274 g/mol. The summed E-state index contributed by atoms with van der Waals surface area (Å²) < 4.78 is 5.26. The van der Waals surface area contributed by atoms with Gasteiger partial charge in [0.25, 0.3) is 5.91 Å². The van der Waals surface area contributed by atoms with Gasteiger partial charge in [0.15, 0.2) is 6.61 Å². The second-order valence-electron chi connectivity index (χ2n) is 4.19. The van der Waals surface area contributed by atoms with Crippen LogP contribution in [0, 0.1) is 0 Å². The first kappa shape index (κ1) is 14.4. The zero-order valence-corrected chi connectivity index (χ0v) is 10.9. The van der Waals surface area contributed by atoms with E-state index in [-0.39, 0.29) is 23.6 Å². The molecule has 0 aliphatic rings. The van der Waals surface area contributed by atoms with E-state index >= 15 is 0 Å². The minimum Gasteiger partial charge on any atom is -0.507 e. The number of carbonyl (C=O) groups excluding carboxylic acids is 1. The number of anilines is 1. The lowest BCUT2D eigenvalue weighted by atomic mass is 10.2. The third kappa shape index (κ3) is 3.97. The Morgan fingerprint density at radius 2 is 1.81 bits per heavy atom. The lowest BCUT2D eigenvalue weighted by Gasteiger charge is -2.08. The van der Waals surface area contributed by atoms with E-state index in [2.05, 4.69) is 5.32 Å². The standard InChI is InChI=1S/C15H13NO5/c17-13-7-6-10(8-12(13)15(19)20)16-14(18)9-21-11-4-2-1-3-5-11/h1-8,17H,9H2,(H,16,18)(H,19,20). The first-order valence-corrected chi connectivity index (χ1v) is 6.10. The lowest BCUT2D eigenvalue weighted by Crippen LogP contribution is -2.20. The molecular formula is C15H13NO5. The van der Waals surface area contributed by atoms with Crippen LogP contribution in [0.25, 0.3) is 0 Å². The summed E-state index contributed by atoms with van der Waals surface area (Å²) >= 11 is 0. The Hall–Kier alpha value is -3.02. The van der Waals surface area contributed by atoms with Crippen molar-refractivity contribution < 1.29 is 24.5 Å². The van der Waals surface area contributed by atoms with Crippen molar-refractivity contribution >= 4 is 17.6 Å². The van der Waals surface area contributed by atoms with Gasteiger partial charge in [-0.1, -0.05) is 18.2 Å². The summed E-state index contributed by atoms with van der Waals surface area (Å²) in [5.41, 5.74) is -0.0105. The molecule has 2 aromatic carbocycles. The van der Waals surface area contributed by atoms with Crippen molar-refractivity contribution in [1.29, 1.82) is 0 Å². The smallest absolute Gasteiger partial charge is 0.339 e. The van der Waals surface area contributed by atoms with Crippen molar-refractivity contribution in [1.82, 2.24) is 0 Å². The molecule has 21 heavy (non-hydrogen) atoms. The number of carboxylic acid groups (broad SMARTS) is 1. The van der Waals surface area contributed by atoms with Crippen LogP contribution in [0.3, 0.4) is 0 Å². The zero-order chi connectivity index (χ0) is 15.2. The molecule has 0 aliphatic heterocycles. The number of phenols is 1. The van der Waals surface area contributed by atoms with Gasteiger partial charge in [-0.3, -0.25) is 4.79 Å². The topological polar surface area (TPSA) is 95.9 Å². The predicted molar refractivity (Wildman–Crippen MR) is 75.6 cm³/mol. The maximum absolute atomic E-state index is 11.7. The summed E-state index contributed by atoms with van der Waals surface area (Å²) in [6, 6.07) is 12.6. The first-order chi connectivity index (χ1) is 10.1. The Morgan fingerprint density at radius 1 is 1.10 bits per heavy atom. The molecule has 0 bridgehead atoms. The van der Waals surface area contributed by atoms with Gasteiger partial charge in [-0.25, -0.2) is 4.79 Å². The van der Waals surface area contributed by atoms with E-state index in [1.54, 1.807) is 24.3 Å². The molecule has 108 valence electrons. The van der Waals surface area contributed by atoms with Crippen LogP contribution in [-0.2, 0) is 4.79 Å². The van der Waals surface area contributed by atoms with Gasteiger partial charge in [0.05, 0.1) is 0 Å². The molecule has 3 N–H and O–H groups in total. The van der Waals surface area contributed by atoms with Crippen LogP contribution >= 0.6 is 0 Å². The molecule has 0 atom stereocenters. The van der Waals surface area contributed by atoms with Crippen molar-refractivity contribution in [3.8, 4) is 11.5 Å². The molecule has 0 fully saturated rings. The Bertz CT molecular complexity index is 654. The second-order valence-corrected chi connectivity index (χ2v) is 4.19. The van der Waals surface area contributed by atoms with Crippen LogP contribution in [0.4, 0.5) is 5.69 Å². The van der Waals surface area contributed by atoms with Gasteiger partial charge in [0.1, 0.15) is 17.1 Å². The van der Waals surface area contributed by atoms with Crippen LogP contribution in [-0.4, -0.2) is 28.7 Å². The fourth-order valence-corrected chi connectivity index (χ4v) is 1.65. The minimum atomic E-state index is -1.27. The van der Waals surface area contributed by atoms with Gasteiger partial charge in [0.2, 0.25) is 0 Å². The van der Waals surface area contributed by atoms with E-state index in [9.17, 15) is 14.7 Å². The normalized spacial score (nSPS) is 9.90. The second kappa shape index (κ2) is 6.42. The average molecular weight is 287 g/mol. The Kier molecular flexibility index (Phi) is 4.40. The zero-order valence-electron chi connectivity index (χ0n) is 10.9. The largest absolute Gasteiger partial charge is 0.507 e. The van der Waals surface area contributed by atoms with E-state index < -0.39 is 11.9 Å². The highest BCUT2D eigenvalue weighted by Gasteiger charge is 2.11. The van der Waals surface area contributed by atoms with E-state index in [1.165, 1.54) is 18.2 Å². The summed E-state index contributed by atoms with van der Waals surface area (Å²) in [6.07, 6.45) is 0. The Labute approximate surface area is 120 Å². The molecule has 2 aromatic rings. The van der Waals surface area contributed by atoms with Crippen molar-refractivity contribution in [3.05, 3.63) is 54.1 Å². The van der Waals surface area contributed by atoms with Gasteiger partial charge in [-0.15, -0.1) is 0 Å². The summed E-state index contributed by atoms with van der Waals surface area (Å²) in [4.78, 5) is 22.6. The van der Waals surface area contributed by atoms with Gasteiger partial charge < -0.3 is 20.3 Å². The molecule has 0 heterocycles. The highest BCUT2D eigenvalue weighted by atomic mass is 16.5. The molecule has 0 saturated carbocycles. The van der Waals surface area contributed by atoms with E-state index in [1.807, 2.05) is 6.07 Å². The van der Waals surface area contributed by atoms with Crippen LogP contribution < -0.4 is 10.1 Å². The van der Waals surface area contributed by atoms with Gasteiger partial charge in [-0.2, -0.15) is 0 Å². The predicted octanol–water partition coefficient (Wildman–Crippen LogP) is 2.11. The molecule has 0 spiro atoms. The number of benzene rings is 2. The highest BCUT2D eigenvalue weighted by molar-refractivity contribution is 5.96. The Morgan fingerprint density at radius 3 is 2.48 bits per heavy atom. The van der Waals surface area contributed by atoms with Crippen LogP contribution in [0.1, 0.15) is 10.4 Å². The van der Waals surface area contributed by atoms with E-state index in [0.717, 1.165) is 0 Å². The molecule has 0 aliphatic carbocycles. The number of carbonyl (C=O) groups is 2. The molecule has 2 rings (SSSR count). The third-order valence-electron chi connectivity index (χ3n) is 2.62. The number of hydrogen-bond donors (Lipinski definition) is 3. The third-order valence-corrected chi connectivity index (χ3v) is 2.62. The number of rotatable bonds is 5. The van der Waals surface area contributed by atoms with E-state index in [0.29, 0.717) is 5.75 Å². The Balaban J connectivity index is 1.97. The number of hydrogen-bond acceptors (Lipinski definition) is 4. The fraction of sp³-hybridized carbons (Fsp3) is 0.0667. The number of para-hydroxylation sites is 1. The number of carboxylic acids is 1. The molecule has 0 aromatic heterocycles. The van der Waals surface area contributed by atoms with Gasteiger partial charge >= 0.3 is 5.97 Å². The summed E-state index contributed by atoms with van der Waals surface area (Å²) in [5, 5.41) is 20.7. The first-order valence-electron chi connectivity index (χ1n) is 6.10. The summed E-state index contributed by atoms with van der Waals surface area (Å²) in [5.74, 6) is -1.50. The number of ether oxygens (including phenoxy) is 1. The molecule has 0 radical (unpaired) electrons. The molecule has 0 unspecified atom stereocenters. The lowest BCUT2D eigenvalue weighted by molar-refractivity contribution is -0.118. The molecule has 1 amide bonds. The maximum Gasteiger partial charge on any atom is 0.339 e. The van der Waals surface area contributed by atoms with Crippen molar-refractivity contribution in [2.75, 3.05) is 11.9 Å².